The van der Waals surface area contributed by atoms with E-state index < -0.39 is 0 Å². The number of rotatable bonds is 6. The molecule has 0 bridgehead atoms. The zero-order chi connectivity index (χ0) is 21.9. The number of nitrogens with two attached hydrogens (primary N) is 1. The van der Waals surface area contributed by atoms with Crippen molar-refractivity contribution in [1.29, 1.82) is 0 Å². The van der Waals surface area contributed by atoms with Gasteiger partial charge in [0.05, 0.1) is 23.0 Å². The molecule has 0 radical (unpaired) electrons. The summed E-state index contributed by atoms with van der Waals surface area (Å²) in [5, 5.41) is 1.15. The van der Waals surface area contributed by atoms with Crippen molar-refractivity contribution in [1.82, 2.24) is 14.5 Å². The third-order valence-corrected chi connectivity index (χ3v) is 5.99. The maximum atomic E-state index is 5.80. The number of aromatic nitrogens is 4. The van der Waals surface area contributed by atoms with E-state index in [9.17, 15) is 0 Å². The van der Waals surface area contributed by atoms with E-state index in [1.807, 2.05) is 31.8 Å². The second-order valence-electron chi connectivity index (χ2n) is 8.04. The molecule has 0 saturated carbocycles. The minimum Gasteiger partial charge on any atom is -0.338 e. The van der Waals surface area contributed by atoms with E-state index in [0.29, 0.717) is 6.54 Å². The van der Waals surface area contributed by atoms with E-state index in [1.165, 1.54) is 11.3 Å². The lowest BCUT2D eigenvalue weighted by Crippen LogP contribution is -2.12. The monoisotopic (exact) mass is 420 g/mol. The number of nitrogens with zero attached hydrogens (tertiary/aromatic N) is 3. The van der Waals surface area contributed by atoms with Crippen molar-refractivity contribution >= 4 is 10.9 Å². The molecule has 3 heterocycles. The van der Waals surface area contributed by atoms with Crippen LogP contribution < -0.4 is 10.7 Å². The van der Waals surface area contributed by atoms with Gasteiger partial charge in [-0.3, -0.25) is 4.98 Å². The normalized spacial score (nSPS) is 11.2. The molecule has 0 aliphatic rings. The van der Waals surface area contributed by atoms with Gasteiger partial charge in [0.15, 0.2) is 0 Å². The van der Waals surface area contributed by atoms with Crippen LogP contribution in [0.15, 0.2) is 85.5 Å². The predicted octanol–water partition coefficient (Wildman–Crippen LogP) is 4.36. The van der Waals surface area contributed by atoms with Crippen LogP contribution in [0.2, 0.25) is 0 Å². The molecule has 0 fully saturated rings. The van der Waals surface area contributed by atoms with Crippen LogP contribution in [0.4, 0.5) is 0 Å². The molecule has 5 nitrogen and oxygen atoms in total. The molecule has 0 aliphatic carbocycles. The third-order valence-electron chi connectivity index (χ3n) is 5.99. The first-order chi connectivity index (χ1) is 15.7. The first kappa shape index (κ1) is 20.1. The molecule has 0 aliphatic heterocycles. The van der Waals surface area contributed by atoms with E-state index in [4.69, 9.17) is 10.7 Å². The largest absolute Gasteiger partial charge is 0.338 e. The van der Waals surface area contributed by atoms with Gasteiger partial charge in [-0.2, -0.15) is 0 Å². The molecule has 0 spiro atoms. The van der Waals surface area contributed by atoms with E-state index in [0.717, 1.165) is 51.8 Å². The molecule has 0 atom stereocenters. The highest BCUT2D eigenvalue weighted by molar-refractivity contribution is 5.89. The fraction of sp³-hybridized carbons (Fsp3) is 0.148. The summed E-state index contributed by atoms with van der Waals surface area (Å²) in [6.07, 6.45) is 7.40. The highest BCUT2D eigenvalue weighted by atomic mass is 15.0. The van der Waals surface area contributed by atoms with Crippen molar-refractivity contribution in [2.24, 2.45) is 12.8 Å². The standard InChI is InChI=1S/C27H25N5/c1-32-18-29-17-22(32)11-12-25-24-15-23(20-5-3-2-4-6-20)27(31-26(24)13-14-30-25)21-9-7-19(16-28)8-10-21/h2-10,13-15,17-18H,11-12,16,28H2,1H3/p+1. The Hall–Kier alpha value is -3.83. The van der Waals surface area contributed by atoms with Crippen LogP contribution in [-0.4, -0.2) is 14.5 Å². The smallest absolute Gasteiger partial charge is 0.219 e. The molecule has 0 saturated heterocycles. The maximum absolute atomic E-state index is 5.80. The van der Waals surface area contributed by atoms with Crippen LogP contribution >= 0.6 is 0 Å². The lowest BCUT2D eigenvalue weighted by Gasteiger charge is -2.10. The summed E-state index contributed by atoms with van der Waals surface area (Å²) in [6.45, 7) is 0.541. The molecule has 5 heteroatoms. The van der Waals surface area contributed by atoms with Gasteiger partial charge in [-0.1, -0.05) is 42.5 Å². The highest BCUT2D eigenvalue weighted by Crippen LogP contribution is 2.32. The van der Waals surface area contributed by atoms with Crippen molar-refractivity contribution in [3.05, 3.63) is 102 Å². The van der Waals surface area contributed by atoms with Gasteiger partial charge in [-0.05, 0) is 42.2 Å². The van der Waals surface area contributed by atoms with Crippen molar-refractivity contribution in [3.8, 4) is 22.4 Å². The van der Waals surface area contributed by atoms with Crippen LogP contribution in [-0.2, 0) is 26.4 Å². The number of benzene rings is 2. The zero-order valence-electron chi connectivity index (χ0n) is 18.1. The summed E-state index contributed by atoms with van der Waals surface area (Å²) >= 11 is 0. The van der Waals surface area contributed by atoms with Gasteiger partial charge in [-0.15, -0.1) is 0 Å². The fourth-order valence-corrected chi connectivity index (χ4v) is 4.16. The number of pyridine rings is 2. The van der Waals surface area contributed by atoms with Crippen molar-refractivity contribution in [2.45, 2.75) is 19.4 Å². The molecule has 2 aromatic carbocycles. The maximum Gasteiger partial charge on any atom is 0.219 e. The molecule has 3 N–H and O–H groups in total. The summed E-state index contributed by atoms with van der Waals surface area (Å²) in [5.74, 6) is 0. The average molecular weight is 421 g/mol. The Labute approximate surface area is 187 Å². The SMILES string of the molecule is Cn1cncc1CCc1nccc2[nH+]c(-c3ccc(CN)cc3)c(-c3ccccc3)cc12. The van der Waals surface area contributed by atoms with Gasteiger partial charge in [0.1, 0.15) is 0 Å². The van der Waals surface area contributed by atoms with E-state index >= 15 is 0 Å². The van der Waals surface area contributed by atoms with Crippen LogP contribution in [0, 0.1) is 0 Å². The van der Waals surface area contributed by atoms with Gasteiger partial charge in [-0.25, -0.2) is 9.97 Å². The van der Waals surface area contributed by atoms with Gasteiger partial charge < -0.3 is 10.3 Å². The molecule has 0 unspecified atom stereocenters. The Morgan fingerprint density at radius 1 is 0.938 bits per heavy atom. The van der Waals surface area contributed by atoms with Crippen LogP contribution in [0.25, 0.3) is 33.3 Å². The molecule has 32 heavy (non-hydrogen) atoms. The van der Waals surface area contributed by atoms with Gasteiger partial charge >= 0.3 is 0 Å². The summed E-state index contributed by atoms with van der Waals surface area (Å²) in [7, 11) is 2.03. The van der Waals surface area contributed by atoms with E-state index in [1.54, 1.807) is 0 Å². The Bertz CT molecular complexity index is 1350. The number of hydrogen-bond acceptors (Lipinski definition) is 3. The minimum absolute atomic E-state index is 0.541. The molecule has 3 aromatic heterocycles. The number of fused-ring (bicyclic) bond motifs is 1. The van der Waals surface area contributed by atoms with Gasteiger partial charge in [0.25, 0.3) is 0 Å². The molecule has 0 amide bonds. The Kier molecular flexibility index (Phi) is 5.48. The van der Waals surface area contributed by atoms with Crippen LogP contribution in [0.3, 0.4) is 0 Å². The quantitative estimate of drug-likeness (QED) is 0.444. The van der Waals surface area contributed by atoms with E-state index in [-0.39, 0.29) is 0 Å². The first-order valence-electron chi connectivity index (χ1n) is 10.9. The van der Waals surface area contributed by atoms with E-state index in [2.05, 4.69) is 75.2 Å². The van der Waals surface area contributed by atoms with Gasteiger partial charge in [0, 0.05) is 43.3 Å². The Morgan fingerprint density at radius 2 is 1.75 bits per heavy atom. The fourth-order valence-electron chi connectivity index (χ4n) is 4.16. The topological polar surface area (TPSA) is 70.9 Å². The second-order valence-corrected chi connectivity index (χ2v) is 8.04. The van der Waals surface area contributed by atoms with Crippen LogP contribution in [0.1, 0.15) is 17.0 Å². The number of aromatic amines is 1. The molecular formula is C27H26N5+. The molecule has 5 aromatic rings. The number of hydrogen-bond donors (Lipinski definition) is 1. The molecule has 158 valence electrons. The Morgan fingerprint density at radius 3 is 2.47 bits per heavy atom. The predicted molar refractivity (Wildman–Crippen MR) is 128 cm³/mol. The third kappa shape index (κ3) is 3.90. The lowest BCUT2D eigenvalue weighted by molar-refractivity contribution is -0.330. The van der Waals surface area contributed by atoms with Crippen LogP contribution in [0.5, 0.6) is 0 Å². The van der Waals surface area contributed by atoms with Crippen molar-refractivity contribution < 1.29 is 4.98 Å². The second kappa shape index (κ2) is 8.73. The minimum atomic E-state index is 0.541. The summed E-state index contributed by atoms with van der Waals surface area (Å²) in [5.41, 5.74) is 14.9. The average Bonchev–Trinajstić information content (AvgIpc) is 3.27. The van der Waals surface area contributed by atoms with Crippen molar-refractivity contribution in [3.63, 3.8) is 0 Å². The summed E-state index contributed by atoms with van der Waals surface area (Å²) in [4.78, 5) is 12.7. The highest BCUT2D eigenvalue weighted by Gasteiger charge is 2.19. The van der Waals surface area contributed by atoms with Gasteiger partial charge in [0.2, 0.25) is 11.2 Å². The Balaban J connectivity index is 1.64. The zero-order valence-corrected chi connectivity index (χ0v) is 18.1. The summed E-state index contributed by atoms with van der Waals surface area (Å²) < 4.78 is 2.07. The number of nitrogens with one attached hydrogen (secondary N) is 1. The summed E-state index contributed by atoms with van der Waals surface area (Å²) in [6, 6.07) is 23.3. The lowest BCUT2D eigenvalue weighted by atomic mass is 9.96. The molecular weight excluding hydrogens is 394 g/mol. The number of H-pyrrole nitrogens is 1. The number of aryl methyl sites for hydroxylation is 3. The van der Waals surface area contributed by atoms with Crippen molar-refractivity contribution in [2.75, 3.05) is 0 Å². The first-order valence-corrected chi connectivity index (χ1v) is 10.9. The number of imidazole rings is 1. The molecule has 5 rings (SSSR count).